The molecule has 0 saturated heterocycles. The maximum Gasteiger partial charge on any atom is 0.159 e. The minimum atomic E-state index is -0.195. The van der Waals surface area contributed by atoms with E-state index < -0.39 is 0 Å². The first kappa shape index (κ1) is 31.2. The van der Waals surface area contributed by atoms with Gasteiger partial charge in [-0.05, 0) is 99.6 Å². The van der Waals surface area contributed by atoms with Crippen molar-refractivity contribution in [2.45, 2.75) is 26.2 Å². The van der Waals surface area contributed by atoms with Crippen LogP contribution in [0.25, 0.3) is 33.0 Å². The van der Waals surface area contributed by atoms with Crippen molar-refractivity contribution >= 4 is 44.9 Å². The van der Waals surface area contributed by atoms with Gasteiger partial charge in [0.15, 0.2) is 11.5 Å². The number of aryl methyl sites for hydroxylation is 1. The Kier molecular flexibility index (Phi) is 7.06. The fourth-order valence-electron chi connectivity index (χ4n) is 8.42. The van der Waals surface area contributed by atoms with Crippen molar-refractivity contribution < 1.29 is 4.74 Å². The maximum absolute atomic E-state index is 6.95. The Labute approximate surface area is 311 Å². The van der Waals surface area contributed by atoms with E-state index >= 15 is 0 Å². The second-order valence-electron chi connectivity index (χ2n) is 14.7. The van der Waals surface area contributed by atoms with Crippen molar-refractivity contribution in [3.05, 3.63) is 193 Å². The second-order valence-corrected chi connectivity index (χ2v) is 14.7. The molecule has 8 aromatic rings. The van der Waals surface area contributed by atoms with Crippen molar-refractivity contribution in [2.24, 2.45) is 0 Å². The molecular formula is C50H38N2O. The molecule has 0 aromatic heterocycles. The highest BCUT2D eigenvalue weighted by molar-refractivity contribution is 5.98. The molecule has 0 amide bonds. The van der Waals surface area contributed by atoms with Crippen LogP contribution in [0.5, 0.6) is 11.5 Å². The molecule has 2 aliphatic heterocycles. The fraction of sp³-hybridized carbons (Fsp3) is 0.0800. The topological polar surface area (TPSA) is 15.7 Å². The molecule has 0 fully saturated rings. The highest BCUT2D eigenvalue weighted by Crippen LogP contribution is 2.62. The number of hydrogen-bond acceptors (Lipinski definition) is 3. The largest absolute Gasteiger partial charge is 0.452 e. The summed E-state index contributed by atoms with van der Waals surface area (Å²) in [6.07, 6.45) is 0. The quantitative estimate of drug-likeness (QED) is 0.180. The molecule has 8 aromatic carbocycles. The van der Waals surface area contributed by atoms with Crippen LogP contribution in [0.2, 0.25) is 0 Å². The molecule has 3 nitrogen and oxygen atoms in total. The van der Waals surface area contributed by atoms with Crippen LogP contribution in [0.4, 0.5) is 34.1 Å². The molecule has 0 N–H and O–H groups in total. The number of nitrogens with zero attached hydrogens (tertiary/aromatic N) is 2. The normalized spacial score (nSPS) is 13.5. The lowest BCUT2D eigenvalue weighted by atomic mass is 9.72. The van der Waals surface area contributed by atoms with Crippen molar-refractivity contribution in [3.8, 4) is 33.8 Å². The van der Waals surface area contributed by atoms with E-state index in [1.165, 1.54) is 44.3 Å². The van der Waals surface area contributed by atoms with Gasteiger partial charge in [-0.1, -0.05) is 141 Å². The summed E-state index contributed by atoms with van der Waals surface area (Å²) in [4.78, 5) is 4.79. The van der Waals surface area contributed by atoms with Crippen LogP contribution in [-0.2, 0) is 5.41 Å². The Hall–Kier alpha value is -6.58. The molecule has 10 rings (SSSR count). The van der Waals surface area contributed by atoms with E-state index in [0.717, 1.165) is 51.1 Å². The van der Waals surface area contributed by atoms with Crippen LogP contribution in [0.3, 0.4) is 0 Å². The zero-order chi connectivity index (χ0) is 35.7. The lowest BCUT2D eigenvalue weighted by Gasteiger charge is -2.45. The van der Waals surface area contributed by atoms with Gasteiger partial charge in [0, 0.05) is 28.0 Å². The van der Waals surface area contributed by atoms with E-state index in [2.05, 4.69) is 206 Å². The first-order valence-corrected chi connectivity index (χ1v) is 18.4. The zero-order valence-corrected chi connectivity index (χ0v) is 30.0. The summed E-state index contributed by atoms with van der Waals surface area (Å²) in [6.45, 7) is 6.83. The Morgan fingerprint density at radius 3 is 1.91 bits per heavy atom. The maximum atomic E-state index is 6.95. The van der Waals surface area contributed by atoms with Gasteiger partial charge in [-0.15, -0.1) is 0 Å². The second kappa shape index (κ2) is 12.0. The Morgan fingerprint density at radius 2 is 1.13 bits per heavy atom. The Balaban J connectivity index is 1.10. The van der Waals surface area contributed by atoms with E-state index in [-0.39, 0.29) is 5.41 Å². The average molecular weight is 683 g/mol. The van der Waals surface area contributed by atoms with Crippen molar-refractivity contribution in [1.82, 2.24) is 0 Å². The fourth-order valence-corrected chi connectivity index (χ4v) is 8.42. The van der Waals surface area contributed by atoms with Gasteiger partial charge >= 0.3 is 0 Å². The van der Waals surface area contributed by atoms with E-state index in [1.807, 2.05) is 0 Å². The van der Waals surface area contributed by atoms with Crippen LogP contribution >= 0.6 is 0 Å². The van der Waals surface area contributed by atoms with Crippen LogP contribution < -0.4 is 14.5 Å². The van der Waals surface area contributed by atoms with Crippen LogP contribution in [-0.4, -0.2) is 0 Å². The van der Waals surface area contributed by atoms with Gasteiger partial charge in [-0.25, -0.2) is 0 Å². The number of hydrogen-bond donors (Lipinski definition) is 0. The average Bonchev–Trinajstić information content (AvgIpc) is 3.20. The number of rotatable bonds is 5. The van der Waals surface area contributed by atoms with Crippen LogP contribution in [0, 0.1) is 6.92 Å². The van der Waals surface area contributed by atoms with Crippen LogP contribution in [0.1, 0.15) is 30.5 Å². The minimum Gasteiger partial charge on any atom is -0.452 e. The van der Waals surface area contributed by atoms with Gasteiger partial charge in [0.25, 0.3) is 0 Å². The standard InChI is InChI=1S/C50H38N2O/c1-33-12-11-19-46-47(33)52-45-18-10-9-17-43(45)50(2,3)44-31-30-42(49(53-46)48(44)52)37-23-27-40(28-24-37)51(41-29-22-35-15-7-8-16-38(35)32-41)39-25-20-36(21-26-39)34-13-5-4-6-14-34/h4-32H,1-3H3. The zero-order valence-electron chi connectivity index (χ0n) is 30.0. The smallest absolute Gasteiger partial charge is 0.159 e. The predicted octanol–water partition coefficient (Wildman–Crippen LogP) is 14.2. The van der Waals surface area contributed by atoms with Crippen LogP contribution in [0.15, 0.2) is 176 Å². The first-order valence-electron chi connectivity index (χ1n) is 18.4. The molecule has 0 bridgehead atoms. The van der Waals surface area contributed by atoms with Gasteiger partial charge in [0.1, 0.15) is 0 Å². The molecule has 53 heavy (non-hydrogen) atoms. The monoisotopic (exact) mass is 682 g/mol. The van der Waals surface area contributed by atoms with Crippen molar-refractivity contribution in [2.75, 3.05) is 9.80 Å². The Morgan fingerprint density at radius 1 is 0.491 bits per heavy atom. The van der Waals surface area contributed by atoms with Crippen molar-refractivity contribution in [3.63, 3.8) is 0 Å². The number of fused-ring (bicyclic) bond motifs is 5. The summed E-state index contributed by atoms with van der Waals surface area (Å²) in [5.41, 5.74) is 14.9. The molecular weight excluding hydrogens is 645 g/mol. The molecule has 2 heterocycles. The van der Waals surface area contributed by atoms with E-state index in [1.54, 1.807) is 0 Å². The lowest BCUT2D eigenvalue weighted by Crippen LogP contribution is -2.32. The highest BCUT2D eigenvalue weighted by atomic mass is 16.5. The lowest BCUT2D eigenvalue weighted by molar-refractivity contribution is 0.472. The summed E-state index contributed by atoms with van der Waals surface area (Å²) >= 11 is 0. The van der Waals surface area contributed by atoms with Gasteiger partial charge in [0.2, 0.25) is 0 Å². The Bertz CT molecular complexity index is 2680. The summed E-state index contributed by atoms with van der Waals surface area (Å²) in [6, 6.07) is 63.4. The molecule has 0 atom stereocenters. The third-order valence-electron chi connectivity index (χ3n) is 11.1. The van der Waals surface area contributed by atoms with E-state index in [4.69, 9.17) is 4.74 Å². The third-order valence-corrected chi connectivity index (χ3v) is 11.1. The first-order chi connectivity index (χ1) is 26.0. The molecule has 0 spiro atoms. The number of anilines is 6. The molecule has 0 radical (unpaired) electrons. The number of benzene rings is 8. The summed E-state index contributed by atoms with van der Waals surface area (Å²) in [5.74, 6) is 1.78. The SMILES string of the molecule is Cc1cccc2c1N1c3ccccc3C(C)(C)c3ccc(-c4ccc(N(c5ccc(-c6ccccc6)cc5)c5ccc6ccccc6c5)cc4)c(c31)O2. The van der Waals surface area contributed by atoms with Gasteiger partial charge < -0.3 is 14.5 Å². The summed E-state index contributed by atoms with van der Waals surface area (Å²) < 4.78 is 6.95. The number of ether oxygens (including phenoxy) is 1. The predicted molar refractivity (Wildman–Crippen MR) is 221 cm³/mol. The third kappa shape index (κ3) is 4.96. The van der Waals surface area contributed by atoms with Gasteiger partial charge in [-0.3, -0.25) is 0 Å². The molecule has 254 valence electrons. The highest BCUT2D eigenvalue weighted by Gasteiger charge is 2.42. The van der Waals surface area contributed by atoms with E-state index in [9.17, 15) is 0 Å². The van der Waals surface area contributed by atoms with Crippen molar-refractivity contribution in [1.29, 1.82) is 0 Å². The number of para-hydroxylation sites is 2. The summed E-state index contributed by atoms with van der Waals surface area (Å²) in [7, 11) is 0. The molecule has 0 saturated carbocycles. The molecule has 0 unspecified atom stereocenters. The van der Waals surface area contributed by atoms with Gasteiger partial charge in [0.05, 0.1) is 17.1 Å². The van der Waals surface area contributed by atoms with Gasteiger partial charge in [-0.2, -0.15) is 0 Å². The van der Waals surface area contributed by atoms with E-state index in [0.29, 0.717) is 0 Å². The molecule has 2 aliphatic rings. The minimum absolute atomic E-state index is 0.195. The molecule has 0 aliphatic carbocycles. The summed E-state index contributed by atoms with van der Waals surface area (Å²) in [5, 5.41) is 2.44. The molecule has 3 heteroatoms.